The van der Waals surface area contributed by atoms with Crippen LogP contribution in [0, 0.1) is 13.8 Å². The van der Waals surface area contributed by atoms with E-state index in [1.807, 2.05) is 13.0 Å². The highest BCUT2D eigenvalue weighted by molar-refractivity contribution is 7.74. The number of ether oxygens (including phenoxy) is 2. The van der Waals surface area contributed by atoms with Gasteiger partial charge in [0, 0.05) is 23.4 Å². The summed E-state index contributed by atoms with van der Waals surface area (Å²) in [4.78, 5) is 2.17. The number of aryl methyl sites for hydroxylation is 1. The first-order valence-corrected chi connectivity index (χ1v) is 14.2. The summed E-state index contributed by atoms with van der Waals surface area (Å²) in [5, 5.41) is 3.44. The highest BCUT2D eigenvalue weighted by Crippen LogP contribution is 2.51. The van der Waals surface area contributed by atoms with Gasteiger partial charge >= 0.3 is 0 Å². The van der Waals surface area contributed by atoms with Crippen LogP contribution in [0.3, 0.4) is 0 Å². The van der Waals surface area contributed by atoms with Gasteiger partial charge in [-0.1, -0.05) is 24.3 Å². The normalized spacial score (nSPS) is 20.1. The standard InChI is InChI=1S/C29H32N2O4P/c1-6-35-36(32)26-17-23-24(33-13-11-30(23)4)15-21(26)27(20-10-8-7-9-18(20)2)22-16-25-28(19(3)29(22)36)31(5)12-14-34-25/h7-10,15-17H,6,11-14H2,1-5H3/q+1. The molecule has 6 rings (SSSR count). The van der Waals surface area contributed by atoms with Crippen LogP contribution in [-0.4, -0.2) is 47.0 Å². The van der Waals surface area contributed by atoms with Crippen LogP contribution in [0.25, 0.3) is 5.57 Å². The molecule has 0 radical (unpaired) electrons. The van der Waals surface area contributed by atoms with E-state index in [-0.39, 0.29) is 0 Å². The van der Waals surface area contributed by atoms with Gasteiger partial charge in [0.05, 0.1) is 29.4 Å². The predicted molar refractivity (Wildman–Crippen MR) is 144 cm³/mol. The molecule has 0 N–H and O–H groups in total. The van der Waals surface area contributed by atoms with Crippen LogP contribution < -0.4 is 40.1 Å². The van der Waals surface area contributed by atoms with Crippen molar-refractivity contribution in [1.29, 1.82) is 0 Å². The summed E-state index contributed by atoms with van der Waals surface area (Å²) >= 11 is 0. The van der Waals surface area contributed by atoms with E-state index in [9.17, 15) is 0 Å². The number of nitrogens with zero attached hydrogens (tertiary/aromatic N) is 2. The Morgan fingerprint density at radius 1 is 1.06 bits per heavy atom. The predicted octanol–water partition coefficient (Wildman–Crippen LogP) is 2.47. The molecule has 0 saturated heterocycles. The molecule has 0 bridgehead atoms. The van der Waals surface area contributed by atoms with Gasteiger partial charge in [-0.05, 0) is 55.7 Å². The molecule has 3 aromatic carbocycles. The van der Waals surface area contributed by atoms with Gasteiger partial charge in [0.1, 0.15) is 26.0 Å². The maximum absolute atomic E-state index is 15.2. The molecular formula is C29H32N2O4P+. The number of anilines is 1. The number of fused-ring (bicyclic) bond motifs is 4. The first kappa shape index (κ1) is 23.3. The highest BCUT2D eigenvalue weighted by Gasteiger charge is 2.42. The Morgan fingerprint density at radius 2 is 1.83 bits per heavy atom. The molecule has 3 heterocycles. The van der Waals surface area contributed by atoms with Gasteiger partial charge in [-0.3, -0.25) is 4.57 Å². The lowest BCUT2D eigenvalue weighted by molar-refractivity contribution is 0.280. The first-order chi connectivity index (χ1) is 17.3. The molecule has 7 heteroatoms. The van der Waals surface area contributed by atoms with Crippen molar-refractivity contribution in [2.75, 3.05) is 51.9 Å². The lowest BCUT2D eigenvalue weighted by Crippen LogP contribution is -2.48. The van der Waals surface area contributed by atoms with Gasteiger partial charge in [-0.25, -0.2) is 4.58 Å². The van der Waals surface area contributed by atoms with Crippen molar-refractivity contribution < 1.29 is 18.6 Å². The van der Waals surface area contributed by atoms with Gasteiger partial charge in [0.25, 0.3) is 7.37 Å². The lowest BCUT2D eigenvalue weighted by Gasteiger charge is -2.34. The highest BCUT2D eigenvalue weighted by atomic mass is 31.2. The van der Waals surface area contributed by atoms with Crippen molar-refractivity contribution in [2.24, 2.45) is 0 Å². The van der Waals surface area contributed by atoms with Gasteiger partial charge in [0.2, 0.25) is 5.36 Å². The van der Waals surface area contributed by atoms with Crippen LogP contribution in [0.5, 0.6) is 11.5 Å². The molecule has 0 amide bonds. The van der Waals surface area contributed by atoms with E-state index in [0.717, 1.165) is 79.3 Å². The Labute approximate surface area is 211 Å². The first-order valence-electron chi connectivity index (χ1n) is 12.6. The third-order valence-electron chi connectivity index (χ3n) is 7.59. The maximum Gasteiger partial charge on any atom is 0.263 e. The molecule has 0 saturated carbocycles. The third-order valence-corrected chi connectivity index (χ3v) is 10.4. The van der Waals surface area contributed by atoms with Crippen LogP contribution in [0.2, 0.25) is 0 Å². The molecule has 1 unspecified atom stereocenters. The average molecular weight is 504 g/mol. The molecule has 3 aliphatic rings. The topological polar surface area (TPSA) is 51.0 Å². The smallest absolute Gasteiger partial charge is 0.263 e. The van der Waals surface area contributed by atoms with Crippen LogP contribution in [-0.2, 0) is 9.09 Å². The molecule has 186 valence electrons. The Morgan fingerprint density at radius 3 is 2.61 bits per heavy atom. The van der Waals surface area contributed by atoms with Gasteiger partial charge in [0.15, 0.2) is 12.3 Å². The van der Waals surface area contributed by atoms with E-state index in [0.29, 0.717) is 19.8 Å². The summed E-state index contributed by atoms with van der Waals surface area (Å²) in [6.07, 6.45) is 0. The molecule has 6 nitrogen and oxygen atoms in total. The van der Waals surface area contributed by atoms with Gasteiger partial charge in [-0.15, -0.1) is 0 Å². The Kier molecular flexibility index (Phi) is 5.51. The van der Waals surface area contributed by atoms with Crippen molar-refractivity contribution in [3.8, 4) is 11.5 Å². The minimum Gasteiger partial charge on any atom is -0.490 e. The largest absolute Gasteiger partial charge is 0.490 e. The van der Waals surface area contributed by atoms with E-state index >= 15 is 4.57 Å². The van der Waals surface area contributed by atoms with Gasteiger partial charge in [-0.2, -0.15) is 0 Å². The molecule has 0 aliphatic carbocycles. The van der Waals surface area contributed by atoms with Crippen molar-refractivity contribution in [3.05, 3.63) is 75.3 Å². The number of benzene rings is 3. The summed E-state index contributed by atoms with van der Waals surface area (Å²) < 4.78 is 35.9. The molecule has 0 aromatic heterocycles. The number of hydrogen-bond acceptors (Lipinski definition) is 5. The van der Waals surface area contributed by atoms with E-state index in [1.54, 1.807) is 0 Å². The lowest BCUT2D eigenvalue weighted by atomic mass is 9.90. The average Bonchev–Trinajstić information content (AvgIpc) is 2.85. The number of hydrogen-bond donors (Lipinski definition) is 0. The summed E-state index contributed by atoms with van der Waals surface area (Å²) in [5.74, 6) is 1.64. The van der Waals surface area contributed by atoms with Gasteiger partial charge < -0.3 is 18.9 Å². The minimum absolute atomic E-state index is 0.349. The Hall–Kier alpha value is -3.08. The monoisotopic (exact) mass is 503 g/mol. The summed E-state index contributed by atoms with van der Waals surface area (Å²) in [5.41, 5.74) is 6.12. The van der Waals surface area contributed by atoms with E-state index in [1.165, 1.54) is 0 Å². The fourth-order valence-electron chi connectivity index (χ4n) is 5.88. The van der Waals surface area contributed by atoms with Crippen molar-refractivity contribution in [1.82, 2.24) is 4.58 Å². The fourth-order valence-corrected chi connectivity index (χ4v) is 8.58. The second-order valence-electron chi connectivity index (χ2n) is 9.78. The van der Waals surface area contributed by atoms with Crippen molar-refractivity contribution in [2.45, 2.75) is 20.8 Å². The molecule has 36 heavy (non-hydrogen) atoms. The van der Waals surface area contributed by atoms with Crippen LogP contribution in [0.15, 0.2) is 42.5 Å². The summed E-state index contributed by atoms with van der Waals surface area (Å²) in [6.45, 7) is 9.25. The molecule has 3 aliphatic heterocycles. The number of likely N-dealkylation sites (N-methyl/N-ethyl adjacent to an activating group) is 2. The summed E-state index contributed by atoms with van der Waals surface area (Å²) in [6, 6.07) is 14.6. The minimum atomic E-state index is -3.43. The molecular weight excluding hydrogens is 471 g/mol. The van der Waals surface area contributed by atoms with Crippen LogP contribution in [0.4, 0.5) is 5.69 Å². The SMILES string of the molecule is CCOP1(=O)c2cc3c(cc2C(c2ccccc2C)=c2cc4c(c(C)c21)=[N+](C)CCO4)OCCN3C. The Bertz CT molecular complexity index is 1590. The maximum atomic E-state index is 15.2. The van der Waals surface area contributed by atoms with Crippen molar-refractivity contribution >= 4 is 29.2 Å². The summed E-state index contributed by atoms with van der Waals surface area (Å²) in [7, 11) is 0.684. The van der Waals surface area contributed by atoms with Crippen LogP contribution >= 0.6 is 7.37 Å². The third kappa shape index (κ3) is 3.28. The molecule has 3 aromatic rings. The van der Waals surface area contributed by atoms with E-state index < -0.39 is 7.37 Å². The second-order valence-corrected chi connectivity index (χ2v) is 12.1. The molecule has 0 fully saturated rings. The fraction of sp³-hybridized carbons (Fsp3) is 0.345. The molecule has 0 spiro atoms. The second kappa shape index (κ2) is 8.50. The molecule has 1 atom stereocenters. The zero-order valence-corrected chi connectivity index (χ0v) is 22.4. The van der Waals surface area contributed by atoms with Crippen LogP contribution in [0.1, 0.15) is 29.2 Å². The van der Waals surface area contributed by atoms with E-state index in [4.69, 9.17) is 14.0 Å². The number of rotatable bonds is 3. The van der Waals surface area contributed by atoms with E-state index in [2.05, 4.69) is 73.8 Å². The zero-order chi connectivity index (χ0) is 25.2. The van der Waals surface area contributed by atoms with Crippen molar-refractivity contribution in [3.63, 3.8) is 0 Å². The zero-order valence-electron chi connectivity index (χ0n) is 21.6. The Balaban J connectivity index is 1.86. The quantitative estimate of drug-likeness (QED) is 0.406.